The quantitative estimate of drug-likeness (QED) is 0.639. The summed E-state index contributed by atoms with van der Waals surface area (Å²) < 4.78 is 25.8. The fraction of sp³-hybridized carbons (Fsp3) is 0.348. The second-order valence-corrected chi connectivity index (χ2v) is 8.38. The molecule has 0 saturated carbocycles. The van der Waals surface area contributed by atoms with E-state index in [2.05, 4.69) is 37.3 Å². The van der Waals surface area contributed by atoms with Crippen molar-refractivity contribution in [2.75, 3.05) is 43.4 Å². The molecule has 8 nitrogen and oxygen atoms in total. The van der Waals surface area contributed by atoms with Gasteiger partial charge in [0.25, 0.3) is 0 Å². The number of aryl methyl sites for hydroxylation is 1. The molecule has 1 aliphatic heterocycles. The summed E-state index contributed by atoms with van der Waals surface area (Å²) in [5.41, 5.74) is 3.42. The smallest absolute Gasteiger partial charge is 0.325 e. The first-order chi connectivity index (χ1) is 15.4. The van der Waals surface area contributed by atoms with E-state index in [0.717, 1.165) is 48.8 Å². The molecule has 0 unspecified atom stereocenters. The van der Waals surface area contributed by atoms with Crippen LogP contribution in [0.5, 0.6) is 11.8 Å². The Morgan fingerprint density at radius 3 is 2.62 bits per heavy atom. The van der Waals surface area contributed by atoms with E-state index in [1.54, 1.807) is 6.07 Å². The van der Waals surface area contributed by atoms with Crippen molar-refractivity contribution in [1.29, 1.82) is 0 Å². The van der Waals surface area contributed by atoms with Crippen molar-refractivity contribution in [3.8, 4) is 11.8 Å². The lowest BCUT2D eigenvalue weighted by molar-refractivity contribution is 0.311. The highest BCUT2D eigenvalue weighted by Gasteiger charge is 2.20. The van der Waals surface area contributed by atoms with Crippen LogP contribution in [-0.2, 0) is 6.42 Å². The van der Waals surface area contributed by atoms with Crippen molar-refractivity contribution in [2.45, 2.75) is 20.3 Å². The Bertz CT molecular complexity index is 1180. The van der Waals surface area contributed by atoms with Crippen molar-refractivity contribution in [3.05, 3.63) is 52.5 Å². The number of hydrogen-bond acceptors (Lipinski definition) is 8. The Labute approximate surface area is 185 Å². The van der Waals surface area contributed by atoms with Crippen LogP contribution in [0.1, 0.15) is 23.7 Å². The third kappa shape index (κ3) is 4.29. The fourth-order valence-corrected chi connectivity index (χ4v) is 3.98. The van der Waals surface area contributed by atoms with Crippen LogP contribution in [-0.4, -0.2) is 53.3 Å². The van der Waals surface area contributed by atoms with Gasteiger partial charge in [0.05, 0.1) is 5.69 Å². The van der Waals surface area contributed by atoms with Gasteiger partial charge in [-0.2, -0.15) is 9.97 Å². The molecule has 0 radical (unpaired) electrons. The van der Waals surface area contributed by atoms with Crippen molar-refractivity contribution >= 4 is 23.6 Å². The molecular formula is C23H25FN6O2. The van der Waals surface area contributed by atoms with E-state index in [0.29, 0.717) is 29.4 Å². The Kier molecular flexibility index (Phi) is 5.26. The fourth-order valence-electron chi connectivity index (χ4n) is 3.98. The van der Waals surface area contributed by atoms with Crippen LogP contribution in [0.25, 0.3) is 6.08 Å². The molecule has 1 aliphatic carbocycles. The second kappa shape index (κ2) is 8.23. The molecule has 32 heavy (non-hydrogen) atoms. The molecule has 1 fully saturated rings. The number of hydrogen-bond donors (Lipinski definition) is 1. The normalized spacial score (nSPS) is 16.1. The Morgan fingerprint density at radius 2 is 1.88 bits per heavy atom. The van der Waals surface area contributed by atoms with Gasteiger partial charge >= 0.3 is 6.01 Å². The molecule has 9 heteroatoms. The molecule has 0 spiro atoms. The zero-order valence-corrected chi connectivity index (χ0v) is 18.4. The Morgan fingerprint density at radius 1 is 1.06 bits per heavy atom. The summed E-state index contributed by atoms with van der Waals surface area (Å²) >= 11 is 0. The lowest BCUT2D eigenvalue weighted by atomic mass is 10.1. The Hall–Kier alpha value is -3.46. The SMILES string of the molecule is CC1=Cc2cc(Oc3nc(Nc4cc(C)no4)cc(N4CCN(C)CC4)n3)cc(F)c2C1. The van der Waals surface area contributed by atoms with Gasteiger partial charge in [-0.25, -0.2) is 4.39 Å². The molecule has 3 aromatic rings. The Balaban J connectivity index is 1.46. The van der Waals surface area contributed by atoms with Crippen LogP contribution < -0.4 is 15.0 Å². The maximum Gasteiger partial charge on any atom is 0.325 e. The second-order valence-electron chi connectivity index (χ2n) is 8.38. The number of nitrogens with zero attached hydrogens (tertiary/aromatic N) is 5. The number of piperazine rings is 1. The van der Waals surface area contributed by atoms with Gasteiger partial charge in [-0.3, -0.25) is 0 Å². The minimum atomic E-state index is -0.281. The monoisotopic (exact) mass is 436 g/mol. The predicted molar refractivity (Wildman–Crippen MR) is 120 cm³/mol. The highest BCUT2D eigenvalue weighted by molar-refractivity contribution is 5.65. The summed E-state index contributed by atoms with van der Waals surface area (Å²) in [5, 5.41) is 7.01. The third-order valence-electron chi connectivity index (χ3n) is 5.67. The predicted octanol–water partition coefficient (Wildman–Crippen LogP) is 4.16. The first-order valence-corrected chi connectivity index (χ1v) is 10.6. The molecule has 2 aliphatic rings. The molecule has 1 N–H and O–H groups in total. The molecule has 0 amide bonds. The molecule has 5 rings (SSSR count). The average molecular weight is 436 g/mol. The van der Waals surface area contributed by atoms with Gasteiger partial charge in [0.2, 0.25) is 5.88 Å². The number of nitrogens with one attached hydrogen (secondary N) is 1. The molecule has 0 bridgehead atoms. The van der Waals surface area contributed by atoms with Crippen LogP contribution in [0.4, 0.5) is 21.9 Å². The number of benzene rings is 1. The standard InChI is InChI=1S/C23H25FN6O2/c1-14-8-16-11-17(12-19(24)18(16)9-14)31-23-26-20(25-22-10-15(2)28-32-22)13-21(27-23)30-6-4-29(3)5-7-30/h8,10-13H,4-7,9H2,1-3H3,(H,25,26,27). The van der Waals surface area contributed by atoms with Crippen molar-refractivity contribution < 1.29 is 13.7 Å². The van der Waals surface area contributed by atoms with Gasteiger partial charge in [0.15, 0.2) is 0 Å². The topological polar surface area (TPSA) is 79.5 Å². The summed E-state index contributed by atoms with van der Waals surface area (Å²) in [6.07, 6.45) is 2.60. The number of likely N-dealkylation sites (N-methyl/N-ethyl adjacent to an activating group) is 1. The van der Waals surface area contributed by atoms with E-state index in [-0.39, 0.29) is 11.8 Å². The number of allylic oxidation sites excluding steroid dienone is 1. The van der Waals surface area contributed by atoms with Gasteiger partial charge in [0.1, 0.15) is 23.2 Å². The van der Waals surface area contributed by atoms with Gasteiger partial charge in [-0.05, 0) is 44.5 Å². The summed E-state index contributed by atoms with van der Waals surface area (Å²) in [6.45, 7) is 7.39. The molecule has 166 valence electrons. The highest BCUT2D eigenvalue weighted by Crippen LogP contribution is 2.33. The number of halogens is 1. The molecule has 0 atom stereocenters. The lowest BCUT2D eigenvalue weighted by Gasteiger charge is -2.33. The van der Waals surface area contributed by atoms with Crippen molar-refractivity contribution in [1.82, 2.24) is 20.0 Å². The van der Waals surface area contributed by atoms with Crippen LogP contribution in [0, 0.1) is 12.7 Å². The number of anilines is 3. The van der Waals surface area contributed by atoms with E-state index in [9.17, 15) is 4.39 Å². The number of aromatic nitrogens is 3. The van der Waals surface area contributed by atoms with E-state index in [1.807, 2.05) is 32.1 Å². The maximum atomic E-state index is 14.6. The summed E-state index contributed by atoms with van der Waals surface area (Å²) in [4.78, 5) is 13.5. The van der Waals surface area contributed by atoms with E-state index in [4.69, 9.17) is 9.26 Å². The zero-order valence-electron chi connectivity index (χ0n) is 18.4. The number of ether oxygens (including phenoxy) is 1. The van der Waals surface area contributed by atoms with Crippen LogP contribution in [0.2, 0.25) is 0 Å². The van der Waals surface area contributed by atoms with E-state index >= 15 is 0 Å². The summed E-state index contributed by atoms with van der Waals surface area (Å²) in [6, 6.07) is 6.99. The molecule has 1 saturated heterocycles. The first-order valence-electron chi connectivity index (χ1n) is 10.6. The van der Waals surface area contributed by atoms with E-state index in [1.165, 1.54) is 6.07 Å². The van der Waals surface area contributed by atoms with Crippen LogP contribution >= 0.6 is 0 Å². The zero-order chi connectivity index (χ0) is 22.2. The van der Waals surface area contributed by atoms with Crippen molar-refractivity contribution in [3.63, 3.8) is 0 Å². The first kappa shape index (κ1) is 20.4. The molecular weight excluding hydrogens is 411 g/mol. The average Bonchev–Trinajstić information content (AvgIpc) is 3.33. The van der Waals surface area contributed by atoms with Gasteiger partial charge < -0.3 is 24.4 Å². The minimum absolute atomic E-state index is 0.137. The molecule has 2 aromatic heterocycles. The van der Waals surface area contributed by atoms with Gasteiger partial charge in [-0.1, -0.05) is 16.8 Å². The van der Waals surface area contributed by atoms with Crippen LogP contribution in [0.15, 0.2) is 34.4 Å². The van der Waals surface area contributed by atoms with E-state index < -0.39 is 0 Å². The van der Waals surface area contributed by atoms with Gasteiger partial charge in [0, 0.05) is 44.4 Å². The summed E-state index contributed by atoms with van der Waals surface area (Å²) in [7, 11) is 2.10. The van der Waals surface area contributed by atoms with Crippen molar-refractivity contribution in [2.24, 2.45) is 0 Å². The molecule has 3 heterocycles. The van der Waals surface area contributed by atoms with Crippen LogP contribution in [0.3, 0.4) is 0 Å². The third-order valence-corrected chi connectivity index (χ3v) is 5.67. The number of fused-ring (bicyclic) bond motifs is 1. The largest absolute Gasteiger partial charge is 0.424 e. The highest BCUT2D eigenvalue weighted by atomic mass is 19.1. The van der Waals surface area contributed by atoms with Gasteiger partial charge in [-0.15, -0.1) is 0 Å². The molecule has 1 aromatic carbocycles. The summed E-state index contributed by atoms with van der Waals surface area (Å²) in [5.74, 6) is 1.80. The lowest BCUT2D eigenvalue weighted by Crippen LogP contribution is -2.44. The maximum absolute atomic E-state index is 14.6. The number of rotatable bonds is 5. The minimum Gasteiger partial charge on any atom is -0.424 e.